The van der Waals surface area contributed by atoms with Crippen LogP contribution in [0.2, 0.25) is 0 Å². The van der Waals surface area contributed by atoms with Crippen molar-refractivity contribution in [2.75, 3.05) is 11.9 Å². The van der Waals surface area contributed by atoms with E-state index in [0.717, 1.165) is 0 Å². The van der Waals surface area contributed by atoms with E-state index in [-0.39, 0.29) is 5.95 Å². The van der Waals surface area contributed by atoms with Gasteiger partial charge in [-0.15, -0.1) is 0 Å². The zero-order chi connectivity index (χ0) is 9.90. The summed E-state index contributed by atoms with van der Waals surface area (Å²) in [7, 11) is 0. The van der Waals surface area contributed by atoms with Gasteiger partial charge in [-0.1, -0.05) is 0 Å². The molecule has 0 unspecified atom stereocenters. The fraction of sp³-hybridized carbons (Fsp3) is 0.429. The maximum atomic E-state index is 11.7. The molecule has 0 saturated heterocycles. The predicted octanol–water partition coefficient (Wildman–Crippen LogP) is 1.76. The van der Waals surface area contributed by atoms with Crippen molar-refractivity contribution < 1.29 is 13.2 Å². The zero-order valence-corrected chi connectivity index (χ0v) is 6.89. The van der Waals surface area contributed by atoms with Gasteiger partial charge in [0.05, 0.1) is 0 Å². The molecule has 0 aromatic carbocycles. The lowest BCUT2D eigenvalue weighted by Crippen LogP contribution is -2.22. The smallest absolute Gasteiger partial charge is 0.345 e. The maximum absolute atomic E-state index is 11.7. The third kappa shape index (κ3) is 3.73. The fourth-order valence-electron chi connectivity index (χ4n) is 0.713. The lowest BCUT2D eigenvalue weighted by molar-refractivity contribution is -0.115. The lowest BCUT2D eigenvalue weighted by atomic mass is 10.5. The van der Waals surface area contributed by atoms with Crippen LogP contribution in [0.5, 0.6) is 0 Å². The van der Waals surface area contributed by atoms with Gasteiger partial charge in [0.25, 0.3) is 0 Å². The summed E-state index contributed by atoms with van der Waals surface area (Å²) in [5.74, 6) is -0.00248. The number of hydrogen-bond acceptors (Lipinski definition) is 3. The quantitative estimate of drug-likeness (QED) is 0.773. The standard InChI is InChI=1S/C7H8F3N3/c1-5-2-3-11-6(13-5)12-4-7(8,9)10/h2-3H,4H2,1H3,(H,11,12,13). The highest BCUT2D eigenvalue weighted by atomic mass is 19.4. The van der Waals surface area contributed by atoms with Crippen LogP contribution in [0, 0.1) is 6.92 Å². The average molecular weight is 191 g/mol. The maximum Gasteiger partial charge on any atom is 0.405 e. The Morgan fingerprint density at radius 3 is 2.69 bits per heavy atom. The highest BCUT2D eigenvalue weighted by Gasteiger charge is 2.26. The van der Waals surface area contributed by atoms with Crippen LogP contribution < -0.4 is 5.32 Å². The first-order chi connectivity index (χ1) is 5.97. The molecule has 0 aliphatic heterocycles. The molecule has 13 heavy (non-hydrogen) atoms. The highest BCUT2D eigenvalue weighted by Crippen LogP contribution is 2.14. The fourth-order valence-corrected chi connectivity index (χ4v) is 0.713. The number of anilines is 1. The Labute approximate surface area is 73.0 Å². The Hall–Kier alpha value is -1.33. The van der Waals surface area contributed by atoms with Crippen molar-refractivity contribution in [3.8, 4) is 0 Å². The van der Waals surface area contributed by atoms with E-state index in [1.165, 1.54) is 6.20 Å². The van der Waals surface area contributed by atoms with Gasteiger partial charge in [0.15, 0.2) is 0 Å². The first-order valence-electron chi connectivity index (χ1n) is 3.58. The molecule has 0 saturated carbocycles. The van der Waals surface area contributed by atoms with E-state index < -0.39 is 12.7 Å². The van der Waals surface area contributed by atoms with Crippen molar-refractivity contribution in [3.05, 3.63) is 18.0 Å². The van der Waals surface area contributed by atoms with E-state index in [1.54, 1.807) is 13.0 Å². The molecule has 0 spiro atoms. The van der Waals surface area contributed by atoms with Gasteiger partial charge in [-0.25, -0.2) is 9.97 Å². The Bertz CT molecular complexity index is 285. The second kappa shape index (κ2) is 3.59. The van der Waals surface area contributed by atoms with E-state index >= 15 is 0 Å². The zero-order valence-electron chi connectivity index (χ0n) is 6.89. The molecule has 1 N–H and O–H groups in total. The molecule has 1 rings (SSSR count). The number of hydrogen-bond donors (Lipinski definition) is 1. The molecule has 0 aliphatic rings. The summed E-state index contributed by atoms with van der Waals surface area (Å²) in [6.07, 6.45) is -2.84. The molecule has 0 fully saturated rings. The second-order valence-electron chi connectivity index (χ2n) is 2.49. The number of rotatable bonds is 2. The van der Waals surface area contributed by atoms with Gasteiger partial charge in [-0.3, -0.25) is 0 Å². The molecule has 0 atom stereocenters. The Morgan fingerprint density at radius 1 is 1.46 bits per heavy atom. The normalized spacial score (nSPS) is 11.4. The van der Waals surface area contributed by atoms with Gasteiger partial charge in [0.1, 0.15) is 6.54 Å². The van der Waals surface area contributed by atoms with Gasteiger partial charge in [0.2, 0.25) is 5.95 Å². The second-order valence-corrected chi connectivity index (χ2v) is 2.49. The van der Waals surface area contributed by atoms with Crippen molar-refractivity contribution in [2.45, 2.75) is 13.1 Å². The number of nitrogens with one attached hydrogen (secondary N) is 1. The molecule has 1 heterocycles. The number of alkyl halides is 3. The minimum absolute atomic E-state index is 0.00248. The number of aromatic nitrogens is 2. The highest BCUT2D eigenvalue weighted by molar-refractivity contribution is 5.24. The van der Waals surface area contributed by atoms with Crippen molar-refractivity contribution in [2.24, 2.45) is 0 Å². The number of nitrogens with zero attached hydrogens (tertiary/aromatic N) is 2. The van der Waals surface area contributed by atoms with Crippen LogP contribution in [0.25, 0.3) is 0 Å². The molecule has 1 aromatic rings. The summed E-state index contributed by atoms with van der Waals surface area (Å²) in [4.78, 5) is 7.37. The van der Waals surface area contributed by atoms with E-state index in [9.17, 15) is 13.2 Å². The Kier molecular flexibility index (Phi) is 2.69. The van der Waals surface area contributed by atoms with Crippen LogP contribution in [0.1, 0.15) is 5.69 Å². The molecule has 0 amide bonds. The van der Waals surface area contributed by atoms with E-state index in [1.807, 2.05) is 0 Å². The lowest BCUT2D eigenvalue weighted by Gasteiger charge is -2.07. The molecule has 3 nitrogen and oxygen atoms in total. The van der Waals surface area contributed by atoms with Gasteiger partial charge < -0.3 is 5.32 Å². The summed E-state index contributed by atoms with van der Waals surface area (Å²) in [5, 5.41) is 2.08. The van der Waals surface area contributed by atoms with Crippen molar-refractivity contribution in [1.82, 2.24) is 9.97 Å². The molecule has 1 aromatic heterocycles. The third-order valence-corrected chi connectivity index (χ3v) is 1.24. The summed E-state index contributed by atoms with van der Waals surface area (Å²) in [5.41, 5.74) is 0.625. The Morgan fingerprint density at radius 2 is 2.15 bits per heavy atom. The summed E-state index contributed by atoms with van der Waals surface area (Å²) >= 11 is 0. The van der Waals surface area contributed by atoms with E-state index in [4.69, 9.17) is 0 Å². The Balaban J connectivity index is 2.55. The number of aryl methyl sites for hydroxylation is 1. The summed E-state index contributed by atoms with van der Waals surface area (Å²) in [6.45, 7) is 0.566. The van der Waals surface area contributed by atoms with Crippen molar-refractivity contribution in [3.63, 3.8) is 0 Å². The molecule has 0 aliphatic carbocycles. The topological polar surface area (TPSA) is 37.8 Å². The van der Waals surface area contributed by atoms with Crippen molar-refractivity contribution in [1.29, 1.82) is 0 Å². The SMILES string of the molecule is Cc1ccnc(NCC(F)(F)F)n1. The van der Waals surface area contributed by atoms with Crippen LogP contribution in [0.4, 0.5) is 19.1 Å². The first kappa shape index (κ1) is 9.76. The van der Waals surface area contributed by atoms with Gasteiger partial charge in [-0.05, 0) is 13.0 Å². The molecule has 0 radical (unpaired) electrons. The summed E-state index contributed by atoms with van der Waals surface area (Å²) < 4.78 is 35.2. The predicted molar refractivity (Wildman–Crippen MR) is 41.3 cm³/mol. The molecular formula is C7H8F3N3. The van der Waals surface area contributed by atoms with Crippen molar-refractivity contribution >= 4 is 5.95 Å². The number of halogens is 3. The van der Waals surface area contributed by atoms with Crippen LogP contribution in [0.3, 0.4) is 0 Å². The van der Waals surface area contributed by atoms with Crippen LogP contribution in [-0.2, 0) is 0 Å². The van der Waals surface area contributed by atoms with E-state index in [0.29, 0.717) is 5.69 Å². The van der Waals surface area contributed by atoms with Gasteiger partial charge in [0, 0.05) is 11.9 Å². The van der Waals surface area contributed by atoms with E-state index in [2.05, 4.69) is 15.3 Å². The average Bonchev–Trinajstić information content (AvgIpc) is 2.00. The van der Waals surface area contributed by atoms with Gasteiger partial charge in [-0.2, -0.15) is 13.2 Å². The molecule has 6 heteroatoms. The van der Waals surface area contributed by atoms with Crippen LogP contribution in [0.15, 0.2) is 12.3 Å². The molecule has 72 valence electrons. The molecule has 0 bridgehead atoms. The largest absolute Gasteiger partial charge is 0.405 e. The van der Waals surface area contributed by atoms with Crippen LogP contribution in [-0.4, -0.2) is 22.7 Å². The minimum atomic E-state index is -4.24. The third-order valence-electron chi connectivity index (χ3n) is 1.24. The monoisotopic (exact) mass is 191 g/mol. The first-order valence-corrected chi connectivity index (χ1v) is 3.58. The minimum Gasteiger partial charge on any atom is -0.345 e. The van der Waals surface area contributed by atoms with Gasteiger partial charge >= 0.3 is 6.18 Å². The van der Waals surface area contributed by atoms with Crippen LogP contribution >= 0.6 is 0 Å². The summed E-state index contributed by atoms with van der Waals surface area (Å²) in [6, 6.07) is 1.61. The molecular weight excluding hydrogens is 183 g/mol.